The predicted molar refractivity (Wildman–Crippen MR) is 152 cm³/mol. The fourth-order valence-corrected chi connectivity index (χ4v) is 6.46. The second-order valence-electron chi connectivity index (χ2n) is 9.03. The molecule has 2 aromatic carbocycles. The number of carbonyl (C=O) groups excluding carboxylic acids is 1. The number of esters is 1. The number of non-ortho nitro benzene ring substituents is 1. The summed E-state index contributed by atoms with van der Waals surface area (Å²) in [7, 11) is 0. The van der Waals surface area contributed by atoms with Crippen molar-refractivity contribution in [2.45, 2.75) is 29.9 Å². The van der Waals surface area contributed by atoms with Crippen LogP contribution in [0.2, 0.25) is 0 Å². The zero-order valence-corrected chi connectivity index (χ0v) is 23.8. The highest BCUT2D eigenvalue weighted by molar-refractivity contribution is 7.99. The Kier molecular flexibility index (Phi) is 7.31. The summed E-state index contributed by atoms with van der Waals surface area (Å²) in [6.45, 7) is 3.61. The van der Waals surface area contributed by atoms with Crippen LogP contribution in [0.4, 0.5) is 5.69 Å². The van der Waals surface area contributed by atoms with Gasteiger partial charge in [-0.05, 0) is 67.1 Å². The first-order valence-electron chi connectivity index (χ1n) is 12.7. The number of nitrogens with zero attached hydrogens (tertiary/aromatic N) is 5. The van der Waals surface area contributed by atoms with Gasteiger partial charge in [-0.3, -0.25) is 19.5 Å². The van der Waals surface area contributed by atoms with E-state index in [1.54, 1.807) is 62.6 Å². The molecular weight excluding hydrogens is 582 g/mol. The van der Waals surface area contributed by atoms with Crippen molar-refractivity contribution in [2.75, 3.05) is 13.4 Å². The summed E-state index contributed by atoms with van der Waals surface area (Å²) < 4.78 is 18.1. The Bertz CT molecular complexity index is 1950. The number of nitro groups is 1. The molecule has 0 unspecified atom stereocenters. The SMILES string of the molecule is CCOC(=O)C1=C(C)N=c2s/c(=C/c3cc([N+](=O)[O-])ccc3Sc3ncccn3)c(=O)n2[C@@H]1c1ccc2c(c1)OCO2. The van der Waals surface area contributed by atoms with Crippen LogP contribution in [0.3, 0.4) is 0 Å². The highest BCUT2D eigenvalue weighted by atomic mass is 32.2. The van der Waals surface area contributed by atoms with Gasteiger partial charge in [0.05, 0.1) is 33.4 Å². The summed E-state index contributed by atoms with van der Waals surface area (Å²) >= 11 is 2.33. The minimum absolute atomic E-state index is 0.0682. The summed E-state index contributed by atoms with van der Waals surface area (Å²) in [5.74, 6) is 0.465. The Morgan fingerprint density at radius 2 is 2.00 bits per heavy atom. The van der Waals surface area contributed by atoms with Gasteiger partial charge in [-0.1, -0.05) is 17.4 Å². The fraction of sp³-hybridized carbons (Fsp3) is 0.179. The molecule has 212 valence electrons. The Balaban J connectivity index is 1.53. The molecular formula is C28H21N5O7S2. The lowest BCUT2D eigenvalue weighted by Gasteiger charge is -2.24. The third kappa shape index (κ3) is 5.05. The predicted octanol–water partition coefficient (Wildman–Crippen LogP) is 3.38. The van der Waals surface area contributed by atoms with E-state index >= 15 is 0 Å². The number of nitro benzene ring substituents is 1. The number of benzene rings is 2. The van der Waals surface area contributed by atoms with Gasteiger partial charge in [0.1, 0.15) is 0 Å². The third-order valence-corrected chi connectivity index (χ3v) is 8.43. The summed E-state index contributed by atoms with van der Waals surface area (Å²) in [6, 6.07) is 10.4. The molecule has 0 amide bonds. The summed E-state index contributed by atoms with van der Waals surface area (Å²) in [4.78, 5) is 52.3. The number of thiazole rings is 1. The Morgan fingerprint density at radius 1 is 1.21 bits per heavy atom. The molecule has 1 atom stereocenters. The Morgan fingerprint density at radius 3 is 2.76 bits per heavy atom. The van der Waals surface area contributed by atoms with Crippen LogP contribution in [0, 0.1) is 10.1 Å². The van der Waals surface area contributed by atoms with Gasteiger partial charge in [-0.2, -0.15) is 0 Å². The van der Waals surface area contributed by atoms with Crippen LogP contribution in [-0.4, -0.2) is 38.8 Å². The molecule has 14 heteroatoms. The highest BCUT2D eigenvalue weighted by Crippen LogP contribution is 2.38. The van der Waals surface area contributed by atoms with Gasteiger partial charge in [-0.25, -0.2) is 19.8 Å². The van der Waals surface area contributed by atoms with Crippen molar-refractivity contribution >= 4 is 40.8 Å². The number of hydrogen-bond acceptors (Lipinski definition) is 12. The van der Waals surface area contributed by atoms with Crippen molar-refractivity contribution in [3.8, 4) is 11.5 Å². The molecule has 2 aromatic heterocycles. The number of hydrogen-bond donors (Lipinski definition) is 0. The lowest BCUT2D eigenvalue weighted by Crippen LogP contribution is -2.39. The van der Waals surface area contributed by atoms with E-state index < -0.39 is 22.5 Å². The molecule has 0 N–H and O–H groups in total. The highest BCUT2D eigenvalue weighted by Gasteiger charge is 2.34. The minimum Gasteiger partial charge on any atom is -0.463 e. The van der Waals surface area contributed by atoms with Gasteiger partial charge in [0.25, 0.3) is 11.2 Å². The van der Waals surface area contributed by atoms with Crippen LogP contribution >= 0.6 is 23.1 Å². The van der Waals surface area contributed by atoms with Crippen LogP contribution < -0.4 is 24.4 Å². The molecule has 4 aromatic rings. The van der Waals surface area contributed by atoms with Crippen molar-refractivity contribution in [2.24, 2.45) is 4.99 Å². The van der Waals surface area contributed by atoms with Crippen molar-refractivity contribution in [3.63, 3.8) is 0 Å². The quantitative estimate of drug-likeness (QED) is 0.133. The molecule has 2 aliphatic heterocycles. The average molecular weight is 604 g/mol. The molecule has 42 heavy (non-hydrogen) atoms. The average Bonchev–Trinajstić information content (AvgIpc) is 3.57. The fourth-order valence-electron chi connectivity index (χ4n) is 4.62. The number of rotatable bonds is 7. The first-order chi connectivity index (χ1) is 20.3. The topological polar surface area (TPSA) is 148 Å². The van der Waals surface area contributed by atoms with Crippen molar-refractivity contribution in [1.82, 2.24) is 14.5 Å². The number of fused-ring (bicyclic) bond motifs is 2. The second-order valence-corrected chi connectivity index (χ2v) is 11.0. The zero-order chi connectivity index (χ0) is 29.4. The maximum atomic E-state index is 14.0. The number of carbonyl (C=O) groups is 1. The first-order valence-corrected chi connectivity index (χ1v) is 14.3. The molecule has 6 rings (SSSR count). The Labute approximate surface area is 245 Å². The van der Waals surface area contributed by atoms with E-state index in [1.165, 1.54) is 28.5 Å². The van der Waals surface area contributed by atoms with Gasteiger partial charge in [-0.15, -0.1) is 0 Å². The molecule has 4 heterocycles. The minimum atomic E-state index is -0.853. The standard InChI is InChI=1S/C28H21N5O7S2/c1-3-38-26(35)23-15(2)31-28-32(24(23)16-5-7-19-20(12-16)40-14-39-19)25(34)22(42-28)13-17-11-18(33(36)37)6-8-21(17)41-27-29-9-4-10-30-27/h4-13,24H,3,14H2,1-2H3/b22-13+/t24-/m1/s1. The monoisotopic (exact) mass is 603 g/mol. The largest absolute Gasteiger partial charge is 0.463 e. The molecule has 0 saturated heterocycles. The van der Waals surface area contributed by atoms with Crippen LogP contribution in [0.1, 0.15) is 31.0 Å². The molecule has 0 aliphatic carbocycles. The van der Waals surface area contributed by atoms with Gasteiger partial charge >= 0.3 is 5.97 Å². The van der Waals surface area contributed by atoms with E-state index in [0.29, 0.717) is 43.2 Å². The van der Waals surface area contributed by atoms with Gasteiger partial charge in [0.15, 0.2) is 21.5 Å². The molecule has 0 spiro atoms. The van der Waals surface area contributed by atoms with Crippen molar-refractivity contribution < 1.29 is 23.9 Å². The van der Waals surface area contributed by atoms with E-state index in [9.17, 15) is 19.7 Å². The normalized spacial score (nSPS) is 15.8. The van der Waals surface area contributed by atoms with Crippen LogP contribution in [-0.2, 0) is 9.53 Å². The molecule has 12 nitrogen and oxygen atoms in total. The summed E-state index contributed by atoms with van der Waals surface area (Å²) in [6.07, 6.45) is 4.78. The van der Waals surface area contributed by atoms with Crippen LogP contribution in [0.15, 0.2) is 86.0 Å². The first kappa shape index (κ1) is 27.4. The molecule has 0 saturated carbocycles. The van der Waals surface area contributed by atoms with Gasteiger partial charge in [0.2, 0.25) is 6.79 Å². The molecule has 0 radical (unpaired) electrons. The van der Waals surface area contributed by atoms with E-state index in [4.69, 9.17) is 14.2 Å². The van der Waals surface area contributed by atoms with E-state index in [2.05, 4.69) is 15.0 Å². The lowest BCUT2D eigenvalue weighted by molar-refractivity contribution is -0.384. The zero-order valence-electron chi connectivity index (χ0n) is 22.2. The van der Waals surface area contributed by atoms with E-state index in [1.807, 2.05) is 0 Å². The van der Waals surface area contributed by atoms with E-state index in [0.717, 1.165) is 11.3 Å². The van der Waals surface area contributed by atoms with Crippen molar-refractivity contribution in [3.05, 3.63) is 107 Å². The van der Waals surface area contributed by atoms with Gasteiger partial charge < -0.3 is 14.2 Å². The summed E-state index contributed by atoms with van der Waals surface area (Å²) in [5.41, 5.74) is 1.13. The lowest BCUT2D eigenvalue weighted by atomic mass is 9.95. The molecule has 2 aliphatic rings. The summed E-state index contributed by atoms with van der Waals surface area (Å²) in [5, 5.41) is 12.0. The maximum Gasteiger partial charge on any atom is 0.338 e. The van der Waals surface area contributed by atoms with Crippen LogP contribution in [0.25, 0.3) is 6.08 Å². The molecule has 0 bridgehead atoms. The maximum absolute atomic E-state index is 14.0. The number of ether oxygens (including phenoxy) is 3. The number of allylic oxidation sites excluding steroid dienone is 1. The van der Waals surface area contributed by atoms with Crippen LogP contribution in [0.5, 0.6) is 11.5 Å². The van der Waals surface area contributed by atoms with Crippen molar-refractivity contribution in [1.29, 1.82) is 0 Å². The van der Waals surface area contributed by atoms with E-state index in [-0.39, 0.29) is 29.2 Å². The number of aromatic nitrogens is 3. The molecule has 0 fully saturated rings. The third-order valence-electron chi connectivity index (χ3n) is 6.46. The smallest absolute Gasteiger partial charge is 0.338 e. The second kappa shape index (κ2) is 11.2. The Hall–Kier alpha value is -4.82. The van der Waals surface area contributed by atoms with Gasteiger partial charge in [0, 0.05) is 29.4 Å².